The highest BCUT2D eigenvalue weighted by atomic mass is 16.6. The number of hydrazone groups is 1. The Kier molecular flexibility index (Phi) is 6.47. The minimum Gasteiger partial charge on any atom is -0.496 e. The number of furan rings is 1. The minimum absolute atomic E-state index is 0.0266. The van der Waals surface area contributed by atoms with Gasteiger partial charge in [-0.25, -0.2) is 5.43 Å². The maximum absolute atomic E-state index is 11.7. The maximum atomic E-state index is 11.7. The number of nitrogens with zero attached hydrogens (tertiary/aromatic N) is 2. The summed E-state index contributed by atoms with van der Waals surface area (Å²) in [5.74, 6) is -0.790. The molecule has 1 aromatic carbocycles. The third-order valence-corrected chi connectivity index (χ3v) is 3.28. The number of rotatable bonds is 8. The van der Waals surface area contributed by atoms with Crippen molar-refractivity contribution in [3.8, 4) is 11.5 Å². The van der Waals surface area contributed by atoms with E-state index in [2.05, 4.69) is 15.8 Å². The van der Waals surface area contributed by atoms with Crippen LogP contribution in [0.15, 0.2) is 40.0 Å². The van der Waals surface area contributed by atoms with Crippen LogP contribution in [0.3, 0.4) is 0 Å². The number of carbonyl (C=O) groups excluding carboxylic acids is 2. The van der Waals surface area contributed by atoms with E-state index in [1.165, 1.54) is 44.9 Å². The van der Waals surface area contributed by atoms with Crippen LogP contribution < -0.4 is 20.2 Å². The average Bonchev–Trinajstić information content (AvgIpc) is 3.20. The molecule has 0 aliphatic heterocycles. The second kappa shape index (κ2) is 8.99. The molecule has 0 bridgehead atoms. The second-order valence-corrected chi connectivity index (χ2v) is 4.98. The first-order chi connectivity index (χ1) is 13.0. The van der Waals surface area contributed by atoms with Gasteiger partial charge < -0.3 is 19.2 Å². The number of nitrogens with one attached hydrogen (secondary N) is 2. The maximum Gasteiger partial charge on any atom is 0.311 e. The summed E-state index contributed by atoms with van der Waals surface area (Å²) in [6.45, 7) is -0.337. The third kappa shape index (κ3) is 5.04. The topological polar surface area (TPSA) is 145 Å². The van der Waals surface area contributed by atoms with E-state index in [9.17, 15) is 19.7 Å². The van der Waals surface area contributed by atoms with Gasteiger partial charge in [-0.1, -0.05) is 0 Å². The zero-order valence-corrected chi connectivity index (χ0v) is 14.4. The van der Waals surface area contributed by atoms with Crippen molar-refractivity contribution in [3.05, 3.63) is 52.0 Å². The van der Waals surface area contributed by atoms with Gasteiger partial charge in [-0.2, -0.15) is 5.10 Å². The highest BCUT2D eigenvalue weighted by Gasteiger charge is 2.19. The predicted molar refractivity (Wildman–Crippen MR) is 93.0 cm³/mol. The number of methoxy groups -OCH3 is 2. The molecule has 1 aromatic heterocycles. The molecule has 2 amide bonds. The van der Waals surface area contributed by atoms with Crippen LogP contribution in [0.5, 0.6) is 11.5 Å². The van der Waals surface area contributed by atoms with E-state index in [1.54, 1.807) is 6.07 Å². The molecule has 2 N–H and O–H groups in total. The van der Waals surface area contributed by atoms with Crippen LogP contribution in [-0.2, 0) is 4.79 Å². The summed E-state index contributed by atoms with van der Waals surface area (Å²) in [6, 6.07) is 5.53. The first-order valence-electron chi connectivity index (χ1n) is 7.50. The molecule has 1 heterocycles. The first kappa shape index (κ1) is 19.4. The van der Waals surface area contributed by atoms with E-state index < -0.39 is 16.7 Å². The van der Waals surface area contributed by atoms with E-state index >= 15 is 0 Å². The van der Waals surface area contributed by atoms with Crippen molar-refractivity contribution in [1.82, 2.24) is 10.7 Å². The number of amides is 2. The molecule has 11 nitrogen and oxygen atoms in total. The summed E-state index contributed by atoms with van der Waals surface area (Å²) in [7, 11) is 2.67. The van der Waals surface area contributed by atoms with Crippen LogP contribution in [0.1, 0.15) is 16.1 Å². The van der Waals surface area contributed by atoms with Crippen LogP contribution in [0, 0.1) is 10.1 Å². The zero-order chi connectivity index (χ0) is 19.8. The summed E-state index contributed by atoms with van der Waals surface area (Å²) >= 11 is 0. The van der Waals surface area contributed by atoms with Crippen molar-refractivity contribution in [3.63, 3.8) is 0 Å². The Labute approximate surface area is 153 Å². The van der Waals surface area contributed by atoms with Crippen LogP contribution >= 0.6 is 0 Å². The third-order valence-electron chi connectivity index (χ3n) is 3.28. The van der Waals surface area contributed by atoms with Crippen LogP contribution in [-0.4, -0.2) is 43.7 Å². The normalized spacial score (nSPS) is 10.4. The van der Waals surface area contributed by atoms with Gasteiger partial charge >= 0.3 is 5.69 Å². The lowest BCUT2D eigenvalue weighted by Gasteiger charge is -2.08. The Morgan fingerprint density at radius 1 is 1.30 bits per heavy atom. The molecule has 0 atom stereocenters. The molecule has 2 rings (SSSR count). The van der Waals surface area contributed by atoms with Crippen molar-refractivity contribution in [2.45, 2.75) is 0 Å². The molecule has 0 aliphatic rings. The first-order valence-corrected chi connectivity index (χ1v) is 7.50. The molecule has 27 heavy (non-hydrogen) atoms. The van der Waals surface area contributed by atoms with Gasteiger partial charge in [-0.3, -0.25) is 19.7 Å². The van der Waals surface area contributed by atoms with Crippen molar-refractivity contribution >= 4 is 23.7 Å². The van der Waals surface area contributed by atoms with Gasteiger partial charge in [0.1, 0.15) is 5.75 Å². The molecule has 0 saturated heterocycles. The lowest BCUT2D eigenvalue weighted by molar-refractivity contribution is -0.385. The van der Waals surface area contributed by atoms with E-state index in [0.717, 1.165) is 0 Å². The molecular weight excluding hydrogens is 360 g/mol. The molecular formula is C16H16N4O7. The fourth-order valence-corrected chi connectivity index (χ4v) is 2.02. The Bertz CT molecular complexity index is 862. The molecule has 11 heteroatoms. The average molecular weight is 376 g/mol. The zero-order valence-electron chi connectivity index (χ0n) is 14.4. The summed E-state index contributed by atoms with van der Waals surface area (Å²) in [4.78, 5) is 33.8. The molecule has 0 aliphatic carbocycles. The Morgan fingerprint density at radius 3 is 2.63 bits per heavy atom. The minimum atomic E-state index is -0.613. The number of benzene rings is 1. The summed E-state index contributed by atoms with van der Waals surface area (Å²) < 4.78 is 15.0. The molecule has 2 aromatic rings. The summed E-state index contributed by atoms with van der Waals surface area (Å²) in [6.07, 6.45) is 2.51. The number of ether oxygens (including phenoxy) is 2. The summed E-state index contributed by atoms with van der Waals surface area (Å²) in [5, 5.41) is 17.1. The number of nitro groups is 1. The van der Waals surface area contributed by atoms with Gasteiger partial charge in [0.2, 0.25) is 5.75 Å². The Morgan fingerprint density at radius 2 is 2.04 bits per heavy atom. The molecule has 142 valence electrons. The number of carbonyl (C=O) groups is 2. The smallest absolute Gasteiger partial charge is 0.311 e. The lowest BCUT2D eigenvalue weighted by atomic mass is 10.1. The second-order valence-electron chi connectivity index (χ2n) is 4.98. The van der Waals surface area contributed by atoms with E-state index in [4.69, 9.17) is 13.9 Å². The molecule has 0 fully saturated rings. The van der Waals surface area contributed by atoms with Gasteiger partial charge in [-0.15, -0.1) is 0 Å². The van der Waals surface area contributed by atoms with E-state index in [1.807, 2.05) is 0 Å². The van der Waals surface area contributed by atoms with Crippen molar-refractivity contribution in [2.24, 2.45) is 5.10 Å². The quantitative estimate of drug-likeness (QED) is 0.398. The van der Waals surface area contributed by atoms with E-state index in [0.29, 0.717) is 0 Å². The van der Waals surface area contributed by atoms with E-state index in [-0.39, 0.29) is 35.1 Å². The van der Waals surface area contributed by atoms with Crippen LogP contribution in [0.25, 0.3) is 0 Å². The van der Waals surface area contributed by atoms with Crippen molar-refractivity contribution < 1.29 is 28.4 Å². The highest BCUT2D eigenvalue weighted by molar-refractivity contribution is 5.94. The Balaban J connectivity index is 2.00. The standard InChI is InChI=1S/C16H16N4O7/c1-25-13-7-14(26-2)11(20(23)24)6-10(13)8-18-19-15(21)9-17-16(22)12-4-3-5-27-12/h3-8H,9H2,1-2H3,(H,17,22)(H,19,21)/b18-8+. The van der Waals surface area contributed by atoms with Crippen molar-refractivity contribution in [1.29, 1.82) is 0 Å². The largest absolute Gasteiger partial charge is 0.496 e. The monoisotopic (exact) mass is 376 g/mol. The number of hydrogen-bond donors (Lipinski definition) is 2. The van der Waals surface area contributed by atoms with Crippen LogP contribution in [0.4, 0.5) is 5.69 Å². The molecule has 0 radical (unpaired) electrons. The number of hydrogen-bond acceptors (Lipinski definition) is 8. The van der Waals surface area contributed by atoms with Gasteiger partial charge in [-0.05, 0) is 12.1 Å². The SMILES string of the molecule is COc1cc(OC)c([N+](=O)[O-])cc1/C=N/NC(=O)CNC(=O)c1ccco1. The van der Waals surface area contributed by atoms with Gasteiger partial charge in [0.25, 0.3) is 11.8 Å². The highest BCUT2D eigenvalue weighted by Crippen LogP contribution is 2.33. The predicted octanol–water partition coefficient (Wildman–Crippen LogP) is 1.09. The molecule has 0 saturated carbocycles. The Hall–Kier alpha value is -3.89. The lowest BCUT2D eigenvalue weighted by Crippen LogP contribution is -2.34. The molecule has 0 unspecified atom stereocenters. The van der Waals surface area contributed by atoms with Crippen LogP contribution in [0.2, 0.25) is 0 Å². The fourth-order valence-electron chi connectivity index (χ4n) is 2.02. The van der Waals surface area contributed by atoms with Gasteiger partial charge in [0, 0.05) is 17.7 Å². The number of nitro benzene ring substituents is 1. The summed E-state index contributed by atoms with van der Waals surface area (Å²) in [5.41, 5.74) is 2.16. The van der Waals surface area contributed by atoms with Crippen molar-refractivity contribution in [2.75, 3.05) is 20.8 Å². The van der Waals surface area contributed by atoms with Gasteiger partial charge in [0.15, 0.2) is 5.76 Å². The molecule has 0 spiro atoms. The van der Waals surface area contributed by atoms with Gasteiger partial charge in [0.05, 0.1) is 38.2 Å². The fraction of sp³-hybridized carbons (Fsp3) is 0.188.